The summed E-state index contributed by atoms with van der Waals surface area (Å²) >= 11 is 0. The lowest BCUT2D eigenvalue weighted by molar-refractivity contribution is 0.111. The van der Waals surface area contributed by atoms with Crippen molar-refractivity contribution in [3.63, 3.8) is 0 Å². The zero-order chi connectivity index (χ0) is 14.4. The van der Waals surface area contributed by atoms with E-state index < -0.39 is 6.04 Å². The Balaban J connectivity index is 2.22. The van der Waals surface area contributed by atoms with Crippen molar-refractivity contribution in [3.8, 4) is 5.75 Å². The summed E-state index contributed by atoms with van der Waals surface area (Å²) in [5.74, 6) is 0.562. The maximum absolute atomic E-state index is 10.8. The molecule has 2 aromatic rings. The Hall–Kier alpha value is -2.46. The number of aromatic nitrogens is 1. The first-order chi connectivity index (χ1) is 9.74. The van der Waals surface area contributed by atoms with Gasteiger partial charge in [-0.05, 0) is 17.7 Å². The molecule has 1 atom stereocenters. The zero-order valence-electron chi connectivity index (χ0n) is 11.0. The Morgan fingerprint density at radius 1 is 1.25 bits per heavy atom. The van der Waals surface area contributed by atoms with Gasteiger partial charge in [-0.15, -0.1) is 6.58 Å². The average Bonchev–Trinajstić information content (AvgIpc) is 2.53. The summed E-state index contributed by atoms with van der Waals surface area (Å²) in [5.41, 5.74) is 7.80. The highest BCUT2D eigenvalue weighted by Gasteiger charge is 2.12. The predicted octanol–water partition coefficient (Wildman–Crippen LogP) is 2.66. The van der Waals surface area contributed by atoms with Crippen molar-refractivity contribution in [2.75, 3.05) is 0 Å². The van der Waals surface area contributed by atoms with Gasteiger partial charge in [-0.1, -0.05) is 36.4 Å². The number of hydrogen-bond donors (Lipinski definition) is 1. The zero-order valence-corrected chi connectivity index (χ0v) is 11.0. The second kappa shape index (κ2) is 6.63. The molecule has 0 aliphatic heterocycles. The molecule has 0 bridgehead atoms. The monoisotopic (exact) mass is 268 g/mol. The molecular weight excluding hydrogens is 252 g/mol. The number of pyridine rings is 1. The van der Waals surface area contributed by atoms with E-state index in [0.717, 1.165) is 5.56 Å². The van der Waals surface area contributed by atoms with Crippen LogP contribution in [0.4, 0.5) is 0 Å². The molecule has 0 fully saturated rings. The Bertz CT molecular complexity index is 597. The number of benzene rings is 1. The second-order valence-electron chi connectivity index (χ2n) is 4.27. The molecule has 2 N–H and O–H groups in total. The van der Waals surface area contributed by atoms with Crippen molar-refractivity contribution in [1.82, 2.24) is 4.98 Å². The molecule has 0 saturated carbocycles. The summed E-state index contributed by atoms with van der Waals surface area (Å²) in [5, 5.41) is 0. The van der Waals surface area contributed by atoms with Crippen molar-refractivity contribution >= 4 is 6.29 Å². The second-order valence-corrected chi connectivity index (χ2v) is 4.27. The molecule has 0 saturated heterocycles. The number of carbonyl (C=O) groups excluding carboxylic acids is 1. The van der Waals surface area contributed by atoms with Gasteiger partial charge in [-0.3, -0.25) is 4.79 Å². The van der Waals surface area contributed by atoms with Gasteiger partial charge in [0.2, 0.25) is 0 Å². The van der Waals surface area contributed by atoms with Crippen molar-refractivity contribution in [2.24, 2.45) is 5.73 Å². The van der Waals surface area contributed by atoms with Gasteiger partial charge in [0.25, 0.3) is 0 Å². The maximum atomic E-state index is 10.8. The average molecular weight is 268 g/mol. The van der Waals surface area contributed by atoms with Crippen LogP contribution in [0.15, 0.2) is 55.1 Å². The summed E-state index contributed by atoms with van der Waals surface area (Å²) < 4.78 is 5.74. The van der Waals surface area contributed by atoms with Gasteiger partial charge < -0.3 is 10.5 Å². The summed E-state index contributed by atoms with van der Waals surface area (Å²) in [6.07, 6.45) is 2.24. The summed E-state index contributed by atoms with van der Waals surface area (Å²) in [6.45, 7) is 4.06. The molecule has 1 unspecified atom stereocenters. The van der Waals surface area contributed by atoms with Gasteiger partial charge >= 0.3 is 0 Å². The Morgan fingerprint density at radius 3 is 2.65 bits per heavy atom. The number of carbonyl (C=O) groups is 1. The molecule has 0 amide bonds. The molecule has 1 heterocycles. The van der Waals surface area contributed by atoms with Gasteiger partial charge in [0.1, 0.15) is 23.7 Å². The largest absolute Gasteiger partial charge is 0.487 e. The molecule has 0 spiro atoms. The van der Waals surface area contributed by atoms with E-state index in [4.69, 9.17) is 10.5 Å². The van der Waals surface area contributed by atoms with E-state index in [1.807, 2.05) is 30.3 Å². The summed E-state index contributed by atoms with van der Waals surface area (Å²) in [7, 11) is 0. The van der Waals surface area contributed by atoms with Crippen molar-refractivity contribution < 1.29 is 9.53 Å². The number of rotatable bonds is 6. The molecule has 4 heteroatoms. The van der Waals surface area contributed by atoms with Crippen LogP contribution in [0, 0.1) is 0 Å². The number of nitrogens with zero attached hydrogens (tertiary/aromatic N) is 1. The highest BCUT2D eigenvalue weighted by molar-refractivity contribution is 5.72. The first-order valence-corrected chi connectivity index (χ1v) is 6.25. The van der Waals surface area contributed by atoms with E-state index in [1.54, 1.807) is 18.2 Å². The Kier molecular flexibility index (Phi) is 4.63. The van der Waals surface area contributed by atoms with E-state index in [2.05, 4.69) is 11.6 Å². The fourth-order valence-electron chi connectivity index (χ4n) is 1.75. The van der Waals surface area contributed by atoms with Crippen molar-refractivity contribution in [2.45, 2.75) is 12.6 Å². The van der Waals surface area contributed by atoms with E-state index in [0.29, 0.717) is 30.0 Å². The lowest BCUT2D eigenvalue weighted by Crippen LogP contribution is -2.12. The lowest BCUT2D eigenvalue weighted by Gasteiger charge is -2.14. The minimum atomic E-state index is -0.472. The van der Waals surface area contributed by atoms with Crippen LogP contribution in [0.2, 0.25) is 0 Å². The van der Waals surface area contributed by atoms with Crippen LogP contribution in [-0.2, 0) is 6.61 Å². The van der Waals surface area contributed by atoms with Crippen molar-refractivity contribution in [3.05, 3.63) is 72.1 Å². The third-order valence-corrected chi connectivity index (χ3v) is 2.84. The molecule has 0 radical (unpaired) electrons. The number of ether oxygens (including phenoxy) is 1. The fourth-order valence-corrected chi connectivity index (χ4v) is 1.75. The molecule has 102 valence electrons. The van der Waals surface area contributed by atoms with Crippen LogP contribution in [0.5, 0.6) is 5.75 Å². The topological polar surface area (TPSA) is 65.2 Å². The number of aldehydes is 1. The van der Waals surface area contributed by atoms with E-state index in [9.17, 15) is 4.79 Å². The van der Waals surface area contributed by atoms with Gasteiger partial charge in [-0.2, -0.15) is 0 Å². The van der Waals surface area contributed by atoms with Crippen LogP contribution >= 0.6 is 0 Å². The minimum absolute atomic E-state index is 0.323. The molecule has 20 heavy (non-hydrogen) atoms. The molecule has 4 nitrogen and oxygen atoms in total. The number of hydrogen-bond acceptors (Lipinski definition) is 4. The molecule has 1 aromatic heterocycles. The van der Waals surface area contributed by atoms with Crippen LogP contribution < -0.4 is 10.5 Å². The van der Waals surface area contributed by atoms with Crippen LogP contribution in [0.3, 0.4) is 0 Å². The first kappa shape index (κ1) is 14.0. The van der Waals surface area contributed by atoms with Gasteiger partial charge in [0.05, 0.1) is 6.04 Å². The maximum Gasteiger partial charge on any atom is 0.168 e. The summed E-state index contributed by atoms with van der Waals surface area (Å²) in [6, 6.07) is 12.6. The third kappa shape index (κ3) is 3.30. The fraction of sp³-hybridized carbons (Fsp3) is 0.125. The molecule has 1 aromatic carbocycles. The third-order valence-electron chi connectivity index (χ3n) is 2.84. The minimum Gasteiger partial charge on any atom is -0.487 e. The molecule has 0 aliphatic rings. The Labute approximate surface area is 117 Å². The Morgan fingerprint density at radius 2 is 2.00 bits per heavy atom. The number of nitrogens with two attached hydrogens (primary N) is 1. The standard InChI is InChI=1S/C16H16N2O2/c1-2-14(17)16-15(9-8-13(10-19)18-16)20-11-12-6-4-3-5-7-12/h2-10,14H,1,11,17H2. The van der Waals surface area contributed by atoms with E-state index in [-0.39, 0.29) is 0 Å². The van der Waals surface area contributed by atoms with Crippen LogP contribution in [0.1, 0.15) is 27.8 Å². The summed E-state index contributed by atoms with van der Waals surface area (Å²) in [4.78, 5) is 15.0. The van der Waals surface area contributed by atoms with Gasteiger partial charge in [0.15, 0.2) is 6.29 Å². The SMILES string of the molecule is C=CC(N)c1nc(C=O)ccc1OCc1ccccc1. The molecule has 2 rings (SSSR count). The smallest absolute Gasteiger partial charge is 0.168 e. The van der Waals surface area contributed by atoms with Gasteiger partial charge in [0, 0.05) is 0 Å². The quantitative estimate of drug-likeness (QED) is 0.646. The lowest BCUT2D eigenvalue weighted by atomic mass is 10.1. The highest BCUT2D eigenvalue weighted by atomic mass is 16.5. The van der Waals surface area contributed by atoms with Crippen LogP contribution in [0.25, 0.3) is 0 Å². The van der Waals surface area contributed by atoms with E-state index in [1.165, 1.54) is 0 Å². The predicted molar refractivity (Wildman–Crippen MR) is 77.5 cm³/mol. The van der Waals surface area contributed by atoms with E-state index >= 15 is 0 Å². The van der Waals surface area contributed by atoms with Crippen LogP contribution in [-0.4, -0.2) is 11.3 Å². The molecular formula is C16H16N2O2. The molecule has 0 aliphatic carbocycles. The normalized spacial score (nSPS) is 11.7. The van der Waals surface area contributed by atoms with Crippen molar-refractivity contribution in [1.29, 1.82) is 0 Å². The highest BCUT2D eigenvalue weighted by Crippen LogP contribution is 2.23. The van der Waals surface area contributed by atoms with Gasteiger partial charge in [-0.25, -0.2) is 4.98 Å². The first-order valence-electron chi connectivity index (χ1n) is 6.25.